The van der Waals surface area contributed by atoms with Crippen LogP contribution in [0, 0.1) is 0 Å². The lowest BCUT2D eigenvalue weighted by molar-refractivity contribution is -0.145. The van der Waals surface area contributed by atoms with Gasteiger partial charge >= 0.3 is 41.8 Å². The molecule has 0 spiro atoms. The normalized spacial score (nSPS) is 12.3. The summed E-state index contributed by atoms with van der Waals surface area (Å²) in [7, 11) is 8.67. The highest BCUT2D eigenvalue weighted by atomic mass is 16.5. The molecule has 4 aromatic carbocycles. The van der Waals surface area contributed by atoms with E-state index in [0.717, 1.165) is 0 Å². The van der Waals surface area contributed by atoms with Crippen molar-refractivity contribution in [3.05, 3.63) is 193 Å². The third-order valence-corrected chi connectivity index (χ3v) is 13.0. The lowest BCUT2D eigenvalue weighted by atomic mass is 10.1. The first-order chi connectivity index (χ1) is 47.8. The van der Waals surface area contributed by atoms with Gasteiger partial charge in [-0.1, -0.05) is 129 Å². The Morgan fingerprint density at radius 1 is 0.280 bits per heavy atom. The van der Waals surface area contributed by atoms with Gasteiger partial charge in [0.1, 0.15) is 42.3 Å². The van der Waals surface area contributed by atoms with Gasteiger partial charge in [-0.25, -0.2) is 33.6 Å². The number of benzene rings is 4. The molecule has 0 radical (unpaired) electrons. The van der Waals surface area contributed by atoms with E-state index >= 15 is 0 Å². The van der Waals surface area contributed by atoms with Gasteiger partial charge in [-0.05, 0) is 93.5 Å². The zero-order valence-corrected chi connectivity index (χ0v) is 58.4. The van der Waals surface area contributed by atoms with Crippen molar-refractivity contribution in [2.45, 2.75) is 122 Å². The van der Waals surface area contributed by atoms with E-state index in [-0.39, 0.29) is 62.2 Å². The van der Waals surface area contributed by atoms with Crippen LogP contribution in [-0.2, 0) is 81.1 Å². The summed E-state index contributed by atoms with van der Waals surface area (Å²) in [5.41, 5.74) is 1.76. The summed E-state index contributed by atoms with van der Waals surface area (Å²) in [4.78, 5) is 164. The van der Waals surface area contributed by atoms with Gasteiger partial charge in [0.2, 0.25) is 17.7 Å². The third-order valence-electron chi connectivity index (χ3n) is 13.0. The van der Waals surface area contributed by atoms with Crippen LogP contribution in [0.3, 0.4) is 0 Å². The molecule has 542 valence electrons. The maximum absolute atomic E-state index is 12.3. The number of rotatable bonds is 32. The second-order valence-electron chi connectivity index (χ2n) is 20.3. The molecule has 0 aliphatic heterocycles. The predicted molar refractivity (Wildman–Crippen MR) is 369 cm³/mol. The number of nitrogens with one attached hydrogen (secondary N) is 7. The lowest BCUT2D eigenvalue weighted by Gasteiger charge is -2.16. The minimum absolute atomic E-state index is 0.145. The molecule has 28 nitrogen and oxygen atoms in total. The lowest BCUT2D eigenvalue weighted by Crippen LogP contribution is -2.41. The highest BCUT2D eigenvalue weighted by Crippen LogP contribution is 2.10. The molecule has 4 rings (SSSR count). The smallest absolute Gasteiger partial charge is 0.328 e. The second-order valence-corrected chi connectivity index (χ2v) is 20.3. The molecule has 7 N–H and O–H groups in total. The highest BCUT2D eigenvalue weighted by Gasteiger charge is 2.26. The number of carbonyl (C=O) groups is 14. The van der Waals surface area contributed by atoms with Gasteiger partial charge in [0.05, 0.1) is 49.8 Å². The minimum atomic E-state index is -0.903. The molecule has 28 heteroatoms. The molecule has 7 amide bonds. The Bertz CT molecular complexity index is 3210. The Labute approximate surface area is 582 Å². The van der Waals surface area contributed by atoms with Gasteiger partial charge in [0, 0.05) is 43.0 Å². The zero-order chi connectivity index (χ0) is 75.4. The van der Waals surface area contributed by atoms with Crippen molar-refractivity contribution in [1.29, 1.82) is 0 Å². The van der Waals surface area contributed by atoms with Crippen LogP contribution in [0.4, 0.5) is 0 Å². The van der Waals surface area contributed by atoms with Crippen molar-refractivity contribution in [3.63, 3.8) is 0 Å². The first-order valence-corrected chi connectivity index (χ1v) is 31.2. The fourth-order valence-electron chi connectivity index (χ4n) is 8.12. The van der Waals surface area contributed by atoms with Crippen LogP contribution in [0.25, 0.3) is 0 Å². The molecular weight excluding hydrogens is 1300 g/mol. The van der Waals surface area contributed by atoms with E-state index in [4.69, 9.17) is 14.2 Å². The van der Waals surface area contributed by atoms with E-state index in [2.05, 4.69) is 62.7 Å². The van der Waals surface area contributed by atoms with E-state index in [9.17, 15) is 67.1 Å². The molecule has 0 fully saturated rings. The third kappa shape index (κ3) is 37.1. The quantitative estimate of drug-likeness (QED) is 0.0181. The summed E-state index contributed by atoms with van der Waals surface area (Å²) < 4.78 is 32.6. The second kappa shape index (κ2) is 52.6. The molecule has 0 heterocycles. The van der Waals surface area contributed by atoms with Gasteiger partial charge in [-0.2, -0.15) is 0 Å². The monoisotopic (exact) mass is 1390 g/mol. The first kappa shape index (κ1) is 88.4. The van der Waals surface area contributed by atoms with Gasteiger partial charge in [-0.3, -0.25) is 33.6 Å². The van der Waals surface area contributed by atoms with E-state index in [1.807, 2.05) is 19.9 Å². The van der Waals surface area contributed by atoms with Crippen LogP contribution in [-0.4, -0.2) is 175 Å². The topological polar surface area (TPSA) is 388 Å². The van der Waals surface area contributed by atoms with Crippen LogP contribution in [0.5, 0.6) is 0 Å². The Balaban J connectivity index is 0.00000133. The Morgan fingerprint density at radius 2 is 0.430 bits per heavy atom. The average molecular weight is 1390 g/mol. The summed E-state index contributed by atoms with van der Waals surface area (Å²) in [6.07, 6.45) is 12.7. The summed E-state index contributed by atoms with van der Waals surface area (Å²) in [6, 6.07) is 28.4. The fraction of sp³-hybridized carbons (Fsp3) is 0.361. The molecule has 0 saturated heterocycles. The molecule has 0 bridgehead atoms. The van der Waals surface area contributed by atoms with Crippen molar-refractivity contribution in [1.82, 2.24) is 37.2 Å². The molecule has 0 unspecified atom stereocenters. The minimum Gasteiger partial charge on any atom is -0.467 e. The zero-order valence-electron chi connectivity index (χ0n) is 58.4. The SMILES string of the molecule is C=CC[C@H](NC(=O)c1ccccc1)C(=O)OC.CC.COC(=O)[C@H](CC=CC[C@H](NC(=O)c1ccccc1)C(=O)OC)NC(=O)c1ccccc1.COC(=O)[C@H](CC=CC[C@H](NC(=O)c1ccccc1)C(=O)OC)NC(C)=O.COC(=O)[C@H](CC=CC[C@H](NC(C)=O)C(=O)OC)NC(C)=O. The maximum Gasteiger partial charge on any atom is 0.328 e. The van der Waals surface area contributed by atoms with Gasteiger partial charge in [-0.15, -0.1) is 6.58 Å². The average Bonchev–Trinajstić information content (AvgIpc) is 0.946. The molecule has 0 aliphatic rings. The molecular formula is C72H93N7O21. The van der Waals surface area contributed by atoms with Crippen LogP contribution in [0.15, 0.2) is 170 Å². The summed E-state index contributed by atoms with van der Waals surface area (Å²) in [5.74, 6) is -6.53. The van der Waals surface area contributed by atoms with Crippen LogP contribution >= 0.6 is 0 Å². The standard InChI is InChI=1S/C24H26N2O6.C19H24N2O6.C14H22N2O6.C13H15NO3.C2H6/c1-31-23(29)19(25-21(27)17-11-5-3-6-12-17)15-9-10-16-20(24(30)32-2)26-22(28)18-13-7-4-8-14-18;1-13(22)20-15(18(24)26-2)11-7-8-12-16(19(25)27-3)21-17(23)14-9-5-4-6-10-14;1-9(17)15-11(13(19)21-3)7-5-6-8-12(14(20)22-4)16-10(2)18;1-3-7-11(13(16)17-2)14-12(15)10-8-5-4-6-9-10;1-2/h3-14,19-20H,15-16H2,1-2H3,(H,25,27)(H,26,28);4-10,15-16H,11-12H2,1-3H3,(H,20,22)(H,21,23);5-6,11-12H,7-8H2,1-4H3,(H,15,17)(H,16,18);3-6,8-9,11H,1,7H2,2H3,(H,14,15);1-2H3/t19-,20-;15-,16-;11-,12-;11-;/m0000./s1. The van der Waals surface area contributed by atoms with Crippen molar-refractivity contribution in [3.8, 4) is 0 Å². The number of amides is 7. The number of esters is 7. The molecule has 4 aromatic rings. The Morgan fingerprint density at radius 3 is 0.570 bits per heavy atom. The van der Waals surface area contributed by atoms with Gasteiger partial charge in [0.15, 0.2) is 0 Å². The van der Waals surface area contributed by atoms with E-state index in [1.165, 1.54) is 70.5 Å². The number of ether oxygens (including phenoxy) is 7. The largest absolute Gasteiger partial charge is 0.467 e. The molecule has 0 aliphatic carbocycles. The van der Waals surface area contributed by atoms with Gasteiger partial charge < -0.3 is 70.4 Å². The van der Waals surface area contributed by atoms with Crippen molar-refractivity contribution >= 4 is 83.1 Å². The molecule has 7 atom stereocenters. The summed E-state index contributed by atoms with van der Waals surface area (Å²) in [5, 5.41) is 17.9. The Hall–Kier alpha value is -11.6. The number of carbonyl (C=O) groups excluding carboxylic acids is 14. The summed E-state index contributed by atoms with van der Waals surface area (Å²) >= 11 is 0. The highest BCUT2D eigenvalue weighted by molar-refractivity contribution is 5.99. The molecule has 100 heavy (non-hydrogen) atoms. The van der Waals surface area contributed by atoms with Crippen LogP contribution in [0.2, 0.25) is 0 Å². The van der Waals surface area contributed by atoms with Crippen LogP contribution in [0.1, 0.15) is 121 Å². The molecule has 0 saturated carbocycles. The number of hydrogen-bond acceptors (Lipinski definition) is 21. The van der Waals surface area contributed by atoms with E-state index in [1.54, 1.807) is 158 Å². The number of hydrogen-bond donors (Lipinski definition) is 7. The Kier molecular flexibility index (Phi) is 46.5. The van der Waals surface area contributed by atoms with E-state index < -0.39 is 102 Å². The number of methoxy groups -OCH3 is 7. The first-order valence-electron chi connectivity index (χ1n) is 31.2. The maximum atomic E-state index is 12.3. The fourth-order valence-corrected chi connectivity index (χ4v) is 8.12. The van der Waals surface area contributed by atoms with Crippen molar-refractivity contribution in [2.24, 2.45) is 0 Å². The molecule has 0 aromatic heterocycles. The van der Waals surface area contributed by atoms with Crippen molar-refractivity contribution in [2.75, 3.05) is 49.8 Å². The van der Waals surface area contributed by atoms with Crippen LogP contribution < -0.4 is 37.2 Å². The predicted octanol–water partition coefficient (Wildman–Crippen LogP) is 5.48. The van der Waals surface area contributed by atoms with Gasteiger partial charge in [0.25, 0.3) is 23.6 Å². The summed E-state index contributed by atoms with van der Waals surface area (Å²) in [6.45, 7) is 11.4. The van der Waals surface area contributed by atoms with E-state index in [0.29, 0.717) is 28.7 Å². The van der Waals surface area contributed by atoms with Crippen molar-refractivity contribution < 1.29 is 100 Å².